The van der Waals surface area contributed by atoms with Crippen molar-refractivity contribution in [1.29, 1.82) is 0 Å². The molecule has 0 aliphatic rings. The van der Waals surface area contributed by atoms with Crippen molar-refractivity contribution in [3.63, 3.8) is 0 Å². The molecule has 0 aliphatic heterocycles. The van der Waals surface area contributed by atoms with Crippen LogP contribution in [-0.2, 0) is 11.3 Å². The zero-order chi connectivity index (χ0) is 15.3. The Hall–Kier alpha value is -1.62. The van der Waals surface area contributed by atoms with Gasteiger partial charge in [0.2, 0.25) is 0 Å². The third kappa shape index (κ3) is 5.17. The number of ether oxygens (including phenoxy) is 1. The molecule has 1 unspecified atom stereocenters. The van der Waals surface area contributed by atoms with Gasteiger partial charge in [0, 0.05) is 17.8 Å². The van der Waals surface area contributed by atoms with E-state index in [1.165, 1.54) is 0 Å². The lowest BCUT2D eigenvalue weighted by atomic mass is 10.1. The predicted molar refractivity (Wildman–Crippen MR) is 79.7 cm³/mol. The number of nitrogens with zero attached hydrogens (tertiary/aromatic N) is 1. The van der Waals surface area contributed by atoms with Crippen molar-refractivity contribution in [2.75, 3.05) is 7.05 Å². The predicted octanol–water partition coefficient (Wildman–Crippen LogP) is 1.79. The zero-order valence-electron chi connectivity index (χ0n) is 13.2. The van der Waals surface area contributed by atoms with Crippen molar-refractivity contribution in [2.45, 2.75) is 52.8 Å². The molecule has 0 bridgehead atoms. The highest BCUT2D eigenvalue weighted by molar-refractivity contribution is 5.81. The van der Waals surface area contributed by atoms with Crippen LogP contribution in [0.25, 0.3) is 0 Å². The molecule has 5 heteroatoms. The third-order valence-electron chi connectivity index (χ3n) is 2.59. The minimum Gasteiger partial charge on any atom is -0.479 e. The van der Waals surface area contributed by atoms with Crippen LogP contribution in [0.2, 0.25) is 0 Å². The van der Waals surface area contributed by atoms with Gasteiger partial charge in [-0.15, -0.1) is 0 Å². The quantitative estimate of drug-likeness (QED) is 0.862. The van der Waals surface area contributed by atoms with Gasteiger partial charge < -0.3 is 15.4 Å². The largest absolute Gasteiger partial charge is 0.479 e. The number of hydrogen-bond acceptors (Lipinski definition) is 4. The Morgan fingerprint density at radius 2 is 2.05 bits per heavy atom. The lowest BCUT2D eigenvalue weighted by molar-refractivity contribution is -0.128. The number of hydrogen-bond donors (Lipinski definition) is 2. The molecule has 0 saturated carbocycles. The first-order valence-electron chi connectivity index (χ1n) is 6.82. The minimum atomic E-state index is -0.561. The van der Waals surface area contributed by atoms with Crippen LogP contribution in [0.3, 0.4) is 0 Å². The van der Waals surface area contributed by atoms with Gasteiger partial charge in [0.1, 0.15) is 5.75 Å². The summed E-state index contributed by atoms with van der Waals surface area (Å²) in [5.74, 6) is 0.509. The van der Waals surface area contributed by atoms with Gasteiger partial charge in [-0.05, 0) is 53.8 Å². The first kappa shape index (κ1) is 16.4. The Morgan fingerprint density at radius 3 is 2.60 bits per heavy atom. The lowest BCUT2D eigenvalue weighted by Gasteiger charge is -2.24. The van der Waals surface area contributed by atoms with E-state index in [1.54, 1.807) is 6.92 Å². The van der Waals surface area contributed by atoms with Gasteiger partial charge in [-0.1, -0.05) is 0 Å². The van der Waals surface area contributed by atoms with Crippen LogP contribution in [0.4, 0.5) is 0 Å². The Labute approximate surface area is 121 Å². The van der Waals surface area contributed by atoms with Gasteiger partial charge in [-0.3, -0.25) is 9.78 Å². The molecule has 0 aliphatic carbocycles. The SMILES string of the molecule is CNCc1nc(C)ccc1OC(C)C(=O)NC(C)(C)C. The first-order chi connectivity index (χ1) is 9.23. The highest BCUT2D eigenvalue weighted by Crippen LogP contribution is 2.18. The van der Waals surface area contributed by atoms with E-state index in [0.717, 1.165) is 11.4 Å². The second-order valence-electron chi connectivity index (χ2n) is 5.93. The topological polar surface area (TPSA) is 63.3 Å². The van der Waals surface area contributed by atoms with Crippen LogP contribution in [0, 0.1) is 6.92 Å². The van der Waals surface area contributed by atoms with Crippen molar-refractivity contribution < 1.29 is 9.53 Å². The van der Waals surface area contributed by atoms with Crippen molar-refractivity contribution in [3.8, 4) is 5.75 Å². The molecule has 0 fully saturated rings. The van der Waals surface area contributed by atoms with E-state index in [-0.39, 0.29) is 11.4 Å². The molecule has 20 heavy (non-hydrogen) atoms. The van der Waals surface area contributed by atoms with Crippen molar-refractivity contribution in [3.05, 3.63) is 23.5 Å². The fraction of sp³-hybridized carbons (Fsp3) is 0.600. The van der Waals surface area contributed by atoms with Crippen LogP contribution in [0.1, 0.15) is 39.1 Å². The molecular weight excluding hydrogens is 254 g/mol. The Morgan fingerprint density at radius 1 is 1.40 bits per heavy atom. The molecule has 1 amide bonds. The fourth-order valence-corrected chi connectivity index (χ4v) is 1.71. The summed E-state index contributed by atoms with van der Waals surface area (Å²) in [5.41, 5.74) is 1.46. The number of nitrogens with one attached hydrogen (secondary N) is 2. The summed E-state index contributed by atoms with van der Waals surface area (Å²) in [4.78, 5) is 16.5. The lowest BCUT2D eigenvalue weighted by Crippen LogP contribution is -2.46. The van der Waals surface area contributed by atoms with Gasteiger partial charge >= 0.3 is 0 Å². The number of amides is 1. The Balaban J connectivity index is 2.79. The van der Waals surface area contributed by atoms with Crippen LogP contribution in [0.5, 0.6) is 5.75 Å². The number of rotatable bonds is 5. The summed E-state index contributed by atoms with van der Waals surface area (Å²) < 4.78 is 5.75. The molecule has 1 atom stereocenters. The Bertz CT molecular complexity index is 467. The molecule has 0 aromatic carbocycles. The molecule has 2 N–H and O–H groups in total. The number of aromatic nitrogens is 1. The second-order valence-corrected chi connectivity index (χ2v) is 5.93. The summed E-state index contributed by atoms with van der Waals surface area (Å²) in [7, 11) is 1.85. The first-order valence-corrected chi connectivity index (χ1v) is 6.82. The summed E-state index contributed by atoms with van der Waals surface area (Å²) in [6, 6.07) is 3.73. The maximum absolute atomic E-state index is 12.0. The molecule has 0 radical (unpaired) electrons. The molecule has 0 saturated heterocycles. The average molecular weight is 279 g/mol. The number of aryl methyl sites for hydroxylation is 1. The van der Waals surface area contributed by atoms with E-state index in [0.29, 0.717) is 12.3 Å². The molecule has 1 heterocycles. The molecule has 5 nitrogen and oxygen atoms in total. The highest BCUT2D eigenvalue weighted by atomic mass is 16.5. The van der Waals surface area contributed by atoms with E-state index in [9.17, 15) is 4.79 Å². The summed E-state index contributed by atoms with van der Waals surface area (Å²) >= 11 is 0. The minimum absolute atomic E-state index is 0.131. The average Bonchev–Trinajstić information content (AvgIpc) is 2.30. The third-order valence-corrected chi connectivity index (χ3v) is 2.59. The number of carbonyl (C=O) groups excluding carboxylic acids is 1. The smallest absolute Gasteiger partial charge is 0.261 e. The molecule has 1 rings (SSSR count). The van der Waals surface area contributed by atoms with Crippen LogP contribution in [0.15, 0.2) is 12.1 Å². The second kappa shape index (κ2) is 6.70. The van der Waals surface area contributed by atoms with E-state index in [1.807, 2.05) is 46.9 Å². The van der Waals surface area contributed by atoms with Gasteiger partial charge in [0.25, 0.3) is 5.91 Å². The summed E-state index contributed by atoms with van der Waals surface area (Å²) in [5, 5.41) is 5.95. The van der Waals surface area contributed by atoms with Gasteiger partial charge in [0.15, 0.2) is 6.10 Å². The maximum Gasteiger partial charge on any atom is 0.261 e. The molecular formula is C15H25N3O2. The molecule has 1 aromatic rings. The summed E-state index contributed by atoms with van der Waals surface area (Å²) in [6.45, 7) is 10.1. The standard InChI is InChI=1S/C15H25N3O2/c1-10-7-8-13(12(17-10)9-16-6)20-11(2)14(19)18-15(3,4)5/h7-8,11,16H,9H2,1-6H3,(H,18,19). The number of pyridine rings is 1. The summed E-state index contributed by atoms with van der Waals surface area (Å²) in [6.07, 6.45) is -0.561. The monoisotopic (exact) mass is 279 g/mol. The molecule has 1 aromatic heterocycles. The van der Waals surface area contributed by atoms with Crippen molar-refractivity contribution in [1.82, 2.24) is 15.6 Å². The van der Waals surface area contributed by atoms with Gasteiger partial charge in [-0.25, -0.2) is 0 Å². The van der Waals surface area contributed by atoms with Gasteiger partial charge in [-0.2, -0.15) is 0 Å². The highest BCUT2D eigenvalue weighted by Gasteiger charge is 2.21. The number of carbonyl (C=O) groups is 1. The van der Waals surface area contributed by atoms with E-state index in [2.05, 4.69) is 15.6 Å². The van der Waals surface area contributed by atoms with Crippen LogP contribution < -0.4 is 15.4 Å². The van der Waals surface area contributed by atoms with Crippen LogP contribution >= 0.6 is 0 Å². The van der Waals surface area contributed by atoms with Crippen molar-refractivity contribution in [2.24, 2.45) is 0 Å². The van der Waals surface area contributed by atoms with Gasteiger partial charge in [0.05, 0.1) is 5.69 Å². The van der Waals surface area contributed by atoms with Crippen LogP contribution in [-0.4, -0.2) is 29.6 Å². The molecule has 112 valence electrons. The molecule has 0 spiro atoms. The van der Waals surface area contributed by atoms with E-state index >= 15 is 0 Å². The Kier molecular flexibility index (Phi) is 5.51. The van der Waals surface area contributed by atoms with E-state index < -0.39 is 6.10 Å². The van der Waals surface area contributed by atoms with E-state index in [4.69, 9.17) is 4.74 Å². The maximum atomic E-state index is 12.0. The van der Waals surface area contributed by atoms with Crippen molar-refractivity contribution >= 4 is 5.91 Å². The fourth-order valence-electron chi connectivity index (χ4n) is 1.71. The normalized spacial score (nSPS) is 12.9. The zero-order valence-corrected chi connectivity index (χ0v) is 13.2.